The number of nitrogens with one attached hydrogen (secondary N) is 1. The Morgan fingerprint density at radius 2 is 1.84 bits per heavy atom. The molecule has 1 aromatic rings. The molecule has 7 heteroatoms. The van der Waals surface area contributed by atoms with E-state index in [0.29, 0.717) is 11.5 Å². The zero-order valence-corrected chi connectivity index (χ0v) is 15.8. The molecule has 1 aliphatic rings. The van der Waals surface area contributed by atoms with Gasteiger partial charge < -0.3 is 5.32 Å². The summed E-state index contributed by atoms with van der Waals surface area (Å²) in [4.78, 5) is 23.5. The Labute approximate surface area is 149 Å². The Morgan fingerprint density at radius 3 is 2.40 bits per heavy atom. The number of nitrogens with zero attached hydrogens (tertiary/aromatic N) is 1. The molecule has 1 fully saturated rings. The number of ketones is 1. The molecule has 1 saturated carbocycles. The van der Waals surface area contributed by atoms with Gasteiger partial charge in [0.05, 0.1) is 11.4 Å². The Kier molecular flexibility index (Phi) is 6.35. The van der Waals surface area contributed by atoms with E-state index in [1.807, 2.05) is 0 Å². The third-order valence-electron chi connectivity index (χ3n) is 4.64. The van der Waals surface area contributed by atoms with Crippen LogP contribution in [0.15, 0.2) is 29.2 Å². The van der Waals surface area contributed by atoms with Gasteiger partial charge >= 0.3 is 0 Å². The van der Waals surface area contributed by atoms with E-state index in [2.05, 4.69) is 12.2 Å². The molecule has 2 unspecified atom stereocenters. The quantitative estimate of drug-likeness (QED) is 0.783. The van der Waals surface area contributed by atoms with Gasteiger partial charge in [0, 0.05) is 18.7 Å². The van der Waals surface area contributed by atoms with Crippen LogP contribution < -0.4 is 5.32 Å². The molecule has 1 aromatic carbocycles. The highest BCUT2D eigenvalue weighted by Gasteiger charge is 2.25. The van der Waals surface area contributed by atoms with Gasteiger partial charge in [-0.15, -0.1) is 0 Å². The van der Waals surface area contributed by atoms with Gasteiger partial charge in [0.15, 0.2) is 5.78 Å². The summed E-state index contributed by atoms with van der Waals surface area (Å²) in [6, 6.07) is 5.87. The zero-order chi connectivity index (χ0) is 18.6. The van der Waals surface area contributed by atoms with Crippen molar-refractivity contribution in [1.29, 1.82) is 0 Å². The third kappa shape index (κ3) is 5.12. The molecule has 1 aliphatic carbocycles. The molecule has 0 heterocycles. The fourth-order valence-electron chi connectivity index (χ4n) is 3.17. The maximum atomic E-state index is 12.6. The van der Waals surface area contributed by atoms with Crippen molar-refractivity contribution in [2.75, 3.05) is 13.6 Å². The van der Waals surface area contributed by atoms with Gasteiger partial charge in [-0.2, -0.15) is 4.31 Å². The van der Waals surface area contributed by atoms with Crippen LogP contribution in [0.25, 0.3) is 0 Å². The molecule has 0 radical (unpaired) electrons. The molecule has 2 rings (SSSR count). The lowest BCUT2D eigenvalue weighted by Gasteiger charge is -2.28. The number of hydrogen-bond acceptors (Lipinski definition) is 4. The fourth-order valence-corrected chi connectivity index (χ4v) is 4.29. The van der Waals surface area contributed by atoms with Crippen molar-refractivity contribution in [2.45, 2.75) is 50.5 Å². The summed E-state index contributed by atoms with van der Waals surface area (Å²) in [5.74, 6) is 0.171. The van der Waals surface area contributed by atoms with Crippen molar-refractivity contribution in [3.63, 3.8) is 0 Å². The molecular weight excluding hydrogens is 340 g/mol. The van der Waals surface area contributed by atoms with Crippen molar-refractivity contribution in [2.24, 2.45) is 5.92 Å². The molecular formula is C18H26N2O4S. The summed E-state index contributed by atoms with van der Waals surface area (Å²) in [5.41, 5.74) is 0.450. The second-order valence-electron chi connectivity index (χ2n) is 6.88. The number of likely N-dealkylation sites (N-methyl/N-ethyl adjacent to an activating group) is 1. The van der Waals surface area contributed by atoms with Gasteiger partial charge in [-0.1, -0.05) is 31.9 Å². The smallest absolute Gasteiger partial charge is 0.243 e. The largest absolute Gasteiger partial charge is 0.352 e. The fraction of sp³-hybridized carbons (Fsp3) is 0.556. The monoisotopic (exact) mass is 366 g/mol. The lowest BCUT2D eigenvalue weighted by atomic mass is 9.87. The molecule has 1 amide bonds. The van der Waals surface area contributed by atoms with E-state index in [4.69, 9.17) is 0 Å². The molecule has 25 heavy (non-hydrogen) atoms. The van der Waals surface area contributed by atoms with Crippen LogP contribution in [0.3, 0.4) is 0 Å². The van der Waals surface area contributed by atoms with Crippen LogP contribution in [-0.2, 0) is 14.8 Å². The maximum Gasteiger partial charge on any atom is 0.243 e. The molecule has 138 valence electrons. The normalized spacial score (nSPS) is 21.1. The van der Waals surface area contributed by atoms with Crippen molar-refractivity contribution in [1.82, 2.24) is 9.62 Å². The molecule has 0 aromatic heterocycles. The summed E-state index contributed by atoms with van der Waals surface area (Å²) in [7, 11) is -2.38. The predicted molar refractivity (Wildman–Crippen MR) is 95.8 cm³/mol. The first-order valence-electron chi connectivity index (χ1n) is 8.57. The zero-order valence-electron chi connectivity index (χ0n) is 15.0. The summed E-state index contributed by atoms with van der Waals surface area (Å²) in [5, 5.41) is 2.94. The summed E-state index contributed by atoms with van der Waals surface area (Å²) < 4.78 is 26.1. The van der Waals surface area contributed by atoms with E-state index in [0.717, 1.165) is 23.6 Å². The number of rotatable bonds is 6. The van der Waals surface area contributed by atoms with Gasteiger partial charge in [0.1, 0.15) is 0 Å². The lowest BCUT2D eigenvalue weighted by Crippen LogP contribution is -2.44. The predicted octanol–water partition coefficient (Wildman–Crippen LogP) is 2.20. The minimum atomic E-state index is -3.77. The topological polar surface area (TPSA) is 83.6 Å². The lowest BCUT2D eigenvalue weighted by molar-refractivity contribution is -0.122. The van der Waals surface area contributed by atoms with Crippen molar-refractivity contribution in [3.05, 3.63) is 29.8 Å². The summed E-state index contributed by atoms with van der Waals surface area (Å²) in [6.45, 7) is 3.37. The Balaban J connectivity index is 1.99. The molecule has 2 atom stereocenters. The summed E-state index contributed by atoms with van der Waals surface area (Å²) in [6.07, 6.45) is 4.15. The molecule has 6 nitrogen and oxygen atoms in total. The Bertz CT molecular complexity index is 728. The second kappa shape index (κ2) is 8.10. The van der Waals surface area contributed by atoms with E-state index in [1.165, 1.54) is 44.7 Å². The minimum Gasteiger partial charge on any atom is -0.352 e. The number of carbonyl (C=O) groups excluding carboxylic acids is 2. The second-order valence-corrected chi connectivity index (χ2v) is 8.92. The Hall–Kier alpha value is -1.73. The van der Waals surface area contributed by atoms with E-state index in [-0.39, 0.29) is 29.2 Å². The van der Waals surface area contributed by atoms with E-state index in [9.17, 15) is 18.0 Å². The molecule has 0 saturated heterocycles. The molecule has 1 N–H and O–H groups in total. The first-order valence-corrected chi connectivity index (χ1v) is 10.0. The van der Waals surface area contributed by atoms with Crippen molar-refractivity contribution in [3.8, 4) is 0 Å². The van der Waals surface area contributed by atoms with Crippen LogP contribution in [0.4, 0.5) is 0 Å². The van der Waals surface area contributed by atoms with Crippen LogP contribution in [0.1, 0.15) is 49.9 Å². The SMILES string of the molecule is CC(=O)c1ccc(S(=O)(=O)N(C)CC(=O)NC2CCCC(C)C2)cc1. The summed E-state index contributed by atoms with van der Waals surface area (Å²) >= 11 is 0. The minimum absolute atomic E-state index is 0.0686. The first-order chi connectivity index (χ1) is 11.7. The highest BCUT2D eigenvalue weighted by molar-refractivity contribution is 7.89. The van der Waals surface area contributed by atoms with E-state index in [1.54, 1.807) is 0 Å². The van der Waals surface area contributed by atoms with Gasteiger partial charge in [-0.25, -0.2) is 8.42 Å². The average molecular weight is 366 g/mol. The van der Waals surface area contributed by atoms with Crippen LogP contribution in [0, 0.1) is 5.92 Å². The van der Waals surface area contributed by atoms with Crippen LogP contribution in [0.5, 0.6) is 0 Å². The number of carbonyl (C=O) groups is 2. The number of Topliss-reactive ketones (excluding diaryl/α,β-unsaturated/α-hetero) is 1. The number of hydrogen-bond donors (Lipinski definition) is 1. The maximum absolute atomic E-state index is 12.6. The van der Waals surface area contributed by atoms with Crippen molar-refractivity contribution >= 4 is 21.7 Å². The molecule has 0 bridgehead atoms. The number of benzene rings is 1. The highest BCUT2D eigenvalue weighted by atomic mass is 32.2. The van der Waals surface area contributed by atoms with Crippen LogP contribution in [-0.4, -0.2) is 44.0 Å². The number of sulfonamides is 1. The Morgan fingerprint density at radius 1 is 1.20 bits per heavy atom. The third-order valence-corrected chi connectivity index (χ3v) is 6.45. The molecule has 0 aliphatic heterocycles. The van der Waals surface area contributed by atoms with Gasteiger partial charge in [-0.3, -0.25) is 9.59 Å². The highest BCUT2D eigenvalue weighted by Crippen LogP contribution is 2.23. The number of amides is 1. The van der Waals surface area contributed by atoms with Gasteiger partial charge in [0.25, 0.3) is 0 Å². The van der Waals surface area contributed by atoms with E-state index >= 15 is 0 Å². The van der Waals surface area contributed by atoms with Crippen LogP contribution >= 0.6 is 0 Å². The average Bonchev–Trinajstić information content (AvgIpc) is 2.54. The van der Waals surface area contributed by atoms with E-state index < -0.39 is 10.0 Å². The molecule has 0 spiro atoms. The van der Waals surface area contributed by atoms with Gasteiger partial charge in [-0.05, 0) is 37.8 Å². The van der Waals surface area contributed by atoms with Crippen molar-refractivity contribution < 1.29 is 18.0 Å². The first kappa shape index (κ1) is 19.6. The van der Waals surface area contributed by atoms with Gasteiger partial charge in [0.2, 0.25) is 15.9 Å². The standard InChI is InChI=1S/C18H26N2O4S/c1-13-5-4-6-16(11-13)19-18(22)12-20(3)25(23,24)17-9-7-15(8-10-17)14(2)21/h7-10,13,16H,4-6,11-12H2,1-3H3,(H,19,22). The van der Waals surface area contributed by atoms with Crippen LogP contribution in [0.2, 0.25) is 0 Å².